The van der Waals surface area contributed by atoms with Gasteiger partial charge in [0.25, 0.3) is 0 Å². The van der Waals surface area contributed by atoms with Crippen molar-refractivity contribution in [2.24, 2.45) is 11.8 Å². The molecule has 7 heteroatoms. The third kappa shape index (κ3) is 5.47. The van der Waals surface area contributed by atoms with Gasteiger partial charge in [0, 0.05) is 23.9 Å². The van der Waals surface area contributed by atoms with Crippen LogP contribution in [0.4, 0.5) is 0 Å². The van der Waals surface area contributed by atoms with Gasteiger partial charge in [-0.15, -0.1) is 0 Å². The Bertz CT molecular complexity index is 718. The summed E-state index contributed by atoms with van der Waals surface area (Å²) in [6, 6.07) is 7.69. The molecule has 2 atom stereocenters. The van der Waals surface area contributed by atoms with Gasteiger partial charge in [0.15, 0.2) is 0 Å². The fourth-order valence-electron chi connectivity index (χ4n) is 3.72. The van der Waals surface area contributed by atoms with E-state index in [-0.39, 0.29) is 43.3 Å². The maximum absolute atomic E-state index is 13.1. The molecule has 0 bridgehead atoms. The fourth-order valence-corrected chi connectivity index (χ4v) is 3.85. The maximum atomic E-state index is 13.1. The Balaban J connectivity index is 1.62. The third-order valence-corrected chi connectivity index (χ3v) is 5.62. The van der Waals surface area contributed by atoms with Crippen molar-refractivity contribution < 1.29 is 19.1 Å². The lowest BCUT2D eigenvalue weighted by Crippen LogP contribution is -2.46. The van der Waals surface area contributed by atoms with Gasteiger partial charge in [0.05, 0.1) is 12.6 Å². The first-order valence-corrected chi connectivity index (χ1v) is 10.3. The largest absolute Gasteiger partial charge is 0.465 e. The monoisotopic (exact) mass is 406 g/mol. The molecule has 2 fully saturated rings. The molecule has 1 saturated heterocycles. The van der Waals surface area contributed by atoms with Crippen molar-refractivity contribution in [2.75, 3.05) is 19.7 Å². The summed E-state index contributed by atoms with van der Waals surface area (Å²) in [4.78, 5) is 38.7. The molecule has 1 heterocycles. The number of esters is 1. The van der Waals surface area contributed by atoms with Crippen molar-refractivity contribution in [1.29, 1.82) is 0 Å². The highest BCUT2D eigenvalue weighted by atomic mass is 35.5. The van der Waals surface area contributed by atoms with Gasteiger partial charge in [0.2, 0.25) is 11.8 Å². The van der Waals surface area contributed by atoms with Crippen LogP contribution in [0.5, 0.6) is 0 Å². The van der Waals surface area contributed by atoms with Gasteiger partial charge in [-0.3, -0.25) is 14.4 Å². The second-order valence-electron chi connectivity index (χ2n) is 7.56. The minimum Gasteiger partial charge on any atom is -0.465 e. The van der Waals surface area contributed by atoms with E-state index in [1.807, 2.05) is 29.2 Å². The fraction of sp³-hybridized carbons (Fsp3) is 0.571. The van der Waals surface area contributed by atoms with Crippen LogP contribution in [0, 0.1) is 11.8 Å². The van der Waals surface area contributed by atoms with Crippen LogP contribution in [0.25, 0.3) is 0 Å². The second-order valence-corrected chi connectivity index (χ2v) is 8.00. The van der Waals surface area contributed by atoms with Gasteiger partial charge >= 0.3 is 5.97 Å². The van der Waals surface area contributed by atoms with E-state index in [2.05, 4.69) is 5.32 Å². The molecule has 2 aliphatic rings. The number of piperidine rings is 1. The molecule has 0 spiro atoms. The number of rotatable bonds is 8. The molecule has 152 valence electrons. The number of likely N-dealkylation sites (tertiary alicyclic amines) is 1. The first-order valence-electron chi connectivity index (χ1n) is 9.96. The molecule has 28 heavy (non-hydrogen) atoms. The van der Waals surface area contributed by atoms with Crippen LogP contribution in [0.15, 0.2) is 24.3 Å². The minimum absolute atomic E-state index is 0.0317. The van der Waals surface area contributed by atoms with E-state index in [1.54, 1.807) is 6.92 Å². The molecule has 1 N–H and O–H groups in total. The number of amides is 2. The Morgan fingerprint density at radius 3 is 2.54 bits per heavy atom. The molecule has 6 nitrogen and oxygen atoms in total. The summed E-state index contributed by atoms with van der Waals surface area (Å²) < 4.78 is 4.80. The number of hydrogen-bond acceptors (Lipinski definition) is 4. The SMILES string of the molecule is CCOC(=O)CNC(=O)CC1CC[C@@H](c2ccc(Cl)cc2)N(CC2CC2)C1=O. The lowest BCUT2D eigenvalue weighted by molar-refractivity contribution is -0.145. The lowest BCUT2D eigenvalue weighted by atomic mass is 9.86. The summed E-state index contributed by atoms with van der Waals surface area (Å²) in [5, 5.41) is 3.23. The normalized spacial score (nSPS) is 22.1. The van der Waals surface area contributed by atoms with Crippen molar-refractivity contribution in [3.63, 3.8) is 0 Å². The topological polar surface area (TPSA) is 75.7 Å². The van der Waals surface area contributed by atoms with E-state index in [0.29, 0.717) is 17.4 Å². The molecule has 1 unspecified atom stereocenters. The number of halogens is 1. The Hall–Kier alpha value is -2.08. The van der Waals surface area contributed by atoms with Crippen molar-refractivity contribution in [1.82, 2.24) is 10.2 Å². The van der Waals surface area contributed by atoms with Gasteiger partial charge in [-0.1, -0.05) is 23.7 Å². The predicted octanol–water partition coefficient (Wildman–Crippen LogP) is 3.10. The highest BCUT2D eigenvalue weighted by molar-refractivity contribution is 6.30. The zero-order chi connectivity index (χ0) is 20.1. The zero-order valence-corrected chi connectivity index (χ0v) is 16.9. The minimum atomic E-state index is -0.469. The van der Waals surface area contributed by atoms with E-state index >= 15 is 0 Å². The summed E-state index contributed by atoms with van der Waals surface area (Å²) in [6.07, 6.45) is 3.88. The van der Waals surface area contributed by atoms with Gasteiger partial charge < -0.3 is 15.0 Å². The molecule has 0 aromatic heterocycles. The Morgan fingerprint density at radius 1 is 1.18 bits per heavy atom. The number of nitrogens with zero attached hydrogens (tertiary/aromatic N) is 1. The number of benzene rings is 1. The van der Waals surface area contributed by atoms with Crippen LogP contribution >= 0.6 is 11.6 Å². The van der Waals surface area contributed by atoms with E-state index in [4.69, 9.17) is 16.3 Å². The number of ether oxygens (including phenoxy) is 1. The molecule has 0 radical (unpaired) electrons. The molecule has 1 aliphatic heterocycles. The van der Waals surface area contributed by atoms with Crippen molar-refractivity contribution in [2.45, 2.75) is 45.1 Å². The maximum Gasteiger partial charge on any atom is 0.325 e. The summed E-state index contributed by atoms with van der Waals surface area (Å²) in [6.45, 7) is 2.57. The van der Waals surface area contributed by atoms with Crippen molar-refractivity contribution in [3.05, 3.63) is 34.9 Å². The molecular formula is C21H27ClN2O4. The Morgan fingerprint density at radius 2 is 1.89 bits per heavy atom. The molecule has 1 aromatic carbocycles. The molecule has 1 saturated carbocycles. The number of nitrogens with one attached hydrogen (secondary N) is 1. The van der Waals surface area contributed by atoms with Crippen LogP contribution in [0.2, 0.25) is 5.02 Å². The highest BCUT2D eigenvalue weighted by Crippen LogP contribution is 2.39. The van der Waals surface area contributed by atoms with Crippen LogP contribution in [-0.4, -0.2) is 42.4 Å². The quantitative estimate of drug-likeness (QED) is 0.673. The average Bonchev–Trinajstić information content (AvgIpc) is 3.49. The zero-order valence-electron chi connectivity index (χ0n) is 16.2. The standard InChI is InChI=1S/C21H27ClN2O4/c1-2-28-20(26)12-23-19(25)11-16-7-10-18(15-5-8-17(22)9-6-15)24(21(16)27)13-14-3-4-14/h5-6,8-9,14,16,18H,2-4,7,10-13H2,1H3,(H,23,25)/t16?,18-/m0/s1. The number of carbonyl (C=O) groups is 3. The number of carbonyl (C=O) groups excluding carboxylic acids is 3. The predicted molar refractivity (Wildman–Crippen MR) is 106 cm³/mol. The molecule has 2 amide bonds. The first-order chi connectivity index (χ1) is 13.5. The summed E-state index contributed by atoms with van der Waals surface area (Å²) in [5.41, 5.74) is 1.09. The van der Waals surface area contributed by atoms with Crippen LogP contribution in [-0.2, 0) is 19.1 Å². The summed E-state index contributed by atoms with van der Waals surface area (Å²) >= 11 is 6.00. The smallest absolute Gasteiger partial charge is 0.325 e. The van der Waals surface area contributed by atoms with Gasteiger partial charge in [0.1, 0.15) is 6.54 Å². The third-order valence-electron chi connectivity index (χ3n) is 5.37. The molecule has 1 aromatic rings. The van der Waals surface area contributed by atoms with Gasteiger partial charge in [-0.05, 0) is 56.2 Å². The second kappa shape index (κ2) is 9.41. The Labute approximate surface area is 170 Å². The molecule has 1 aliphatic carbocycles. The van der Waals surface area contributed by atoms with Crippen LogP contribution in [0.3, 0.4) is 0 Å². The van der Waals surface area contributed by atoms with Crippen LogP contribution < -0.4 is 5.32 Å². The highest BCUT2D eigenvalue weighted by Gasteiger charge is 2.39. The number of hydrogen-bond donors (Lipinski definition) is 1. The van der Waals surface area contributed by atoms with E-state index in [1.165, 1.54) is 0 Å². The summed E-state index contributed by atoms with van der Waals surface area (Å²) in [5.74, 6) is -0.504. The van der Waals surface area contributed by atoms with Crippen molar-refractivity contribution >= 4 is 29.4 Å². The van der Waals surface area contributed by atoms with E-state index in [9.17, 15) is 14.4 Å². The van der Waals surface area contributed by atoms with Crippen molar-refractivity contribution in [3.8, 4) is 0 Å². The Kier molecular flexibility index (Phi) is 6.94. The van der Waals surface area contributed by atoms with Gasteiger partial charge in [-0.2, -0.15) is 0 Å². The average molecular weight is 407 g/mol. The van der Waals surface area contributed by atoms with Crippen LogP contribution in [0.1, 0.15) is 50.6 Å². The first kappa shape index (κ1) is 20.6. The summed E-state index contributed by atoms with van der Waals surface area (Å²) in [7, 11) is 0. The lowest BCUT2D eigenvalue weighted by Gasteiger charge is -2.40. The van der Waals surface area contributed by atoms with E-state index < -0.39 is 5.97 Å². The van der Waals surface area contributed by atoms with Gasteiger partial charge in [-0.25, -0.2) is 0 Å². The molecular weight excluding hydrogens is 380 g/mol. The van der Waals surface area contributed by atoms with E-state index in [0.717, 1.165) is 31.4 Å². The molecule has 3 rings (SSSR count).